The molecule has 3 heteroatoms. The molecular weight excluding hydrogens is 234 g/mol. The fourth-order valence-corrected chi connectivity index (χ4v) is 4.49. The van der Waals surface area contributed by atoms with Crippen LogP contribution in [0.15, 0.2) is 0 Å². The van der Waals surface area contributed by atoms with E-state index in [1.165, 1.54) is 19.3 Å². The third kappa shape index (κ3) is 4.17. The Balaban J connectivity index is 2.89. The monoisotopic (exact) mass is 269 g/mol. The lowest BCUT2D eigenvalue weighted by Gasteiger charge is -2.52. The van der Waals surface area contributed by atoms with Crippen molar-refractivity contribution in [2.45, 2.75) is 58.5 Å². The maximum Gasteiger partial charge on any atom is 0.0340 e. The summed E-state index contributed by atoms with van der Waals surface area (Å²) in [5.41, 5.74) is 6.48. The van der Waals surface area contributed by atoms with Crippen LogP contribution in [0.5, 0.6) is 0 Å². The molecule has 3 unspecified atom stereocenters. The first kappa shape index (κ1) is 16.9. The highest BCUT2D eigenvalue weighted by atomic mass is 15.3. The third-order valence-electron chi connectivity index (χ3n) is 4.75. The topological polar surface area (TPSA) is 32.5 Å². The second-order valence-electron chi connectivity index (χ2n) is 7.18. The second kappa shape index (κ2) is 7.05. The van der Waals surface area contributed by atoms with E-state index in [0.29, 0.717) is 6.04 Å². The Morgan fingerprint density at radius 1 is 1.21 bits per heavy atom. The number of likely N-dealkylation sites (N-methyl/N-ethyl adjacent to an activating group) is 2. The van der Waals surface area contributed by atoms with Crippen molar-refractivity contribution < 1.29 is 0 Å². The first-order valence-corrected chi connectivity index (χ1v) is 7.96. The van der Waals surface area contributed by atoms with Gasteiger partial charge in [0, 0.05) is 24.7 Å². The van der Waals surface area contributed by atoms with Gasteiger partial charge in [-0.25, -0.2) is 0 Å². The van der Waals surface area contributed by atoms with Crippen molar-refractivity contribution in [1.82, 2.24) is 9.80 Å². The van der Waals surface area contributed by atoms with Gasteiger partial charge >= 0.3 is 0 Å². The molecule has 0 aromatic carbocycles. The number of hydrogen-bond acceptors (Lipinski definition) is 3. The van der Waals surface area contributed by atoms with E-state index in [-0.39, 0.29) is 5.54 Å². The molecule has 0 amide bonds. The molecule has 0 spiro atoms. The van der Waals surface area contributed by atoms with E-state index in [0.717, 1.165) is 31.5 Å². The van der Waals surface area contributed by atoms with Crippen molar-refractivity contribution >= 4 is 0 Å². The van der Waals surface area contributed by atoms with Crippen LogP contribution in [-0.4, -0.2) is 55.1 Å². The number of nitrogens with two attached hydrogens (primary N) is 1. The Bertz CT molecular complexity index is 255. The molecule has 1 aliphatic rings. The molecule has 1 saturated carbocycles. The van der Waals surface area contributed by atoms with Gasteiger partial charge < -0.3 is 10.6 Å². The summed E-state index contributed by atoms with van der Waals surface area (Å²) in [7, 11) is 4.32. The standard InChI is InChI=1S/C16H35N3/c1-7-19(15(4)11-18(5)6)16(12-17)9-13(2)8-14(3)10-16/h13-15H,7-12,17H2,1-6H3. The fourth-order valence-electron chi connectivity index (χ4n) is 4.49. The van der Waals surface area contributed by atoms with Gasteiger partial charge in [0.2, 0.25) is 0 Å². The van der Waals surface area contributed by atoms with Gasteiger partial charge in [0.15, 0.2) is 0 Å². The van der Waals surface area contributed by atoms with Crippen LogP contribution in [0.25, 0.3) is 0 Å². The lowest BCUT2D eigenvalue weighted by molar-refractivity contribution is -0.00885. The molecule has 114 valence electrons. The van der Waals surface area contributed by atoms with E-state index in [2.05, 4.69) is 51.6 Å². The molecule has 3 atom stereocenters. The van der Waals surface area contributed by atoms with Gasteiger partial charge in [-0.3, -0.25) is 4.90 Å². The van der Waals surface area contributed by atoms with E-state index in [1.54, 1.807) is 0 Å². The minimum Gasteiger partial charge on any atom is -0.329 e. The molecular formula is C16H35N3. The highest BCUT2D eigenvalue weighted by Crippen LogP contribution is 2.40. The van der Waals surface area contributed by atoms with E-state index in [4.69, 9.17) is 5.73 Å². The van der Waals surface area contributed by atoms with Crippen LogP contribution in [0.1, 0.15) is 47.0 Å². The van der Waals surface area contributed by atoms with Crippen molar-refractivity contribution in [1.29, 1.82) is 0 Å². The van der Waals surface area contributed by atoms with E-state index < -0.39 is 0 Å². The van der Waals surface area contributed by atoms with Gasteiger partial charge in [-0.05, 0) is 58.7 Å². The maximum absolute atomic E-state index is 6.25. The minimum absolute atomic E-state index is 0.223. The second-order valence-corrected chi connectivity index (χ2v) is 7.18. The summed E-state index contributed by atoms with van der Waals surface area (Å²) in [6.45, 7) is 12.4. The predicted molar refractivity (Wildman–Crippen MR) is 84.4 cm³/mol. The van der Waals surface area contributed by atoms with Gasteiger partial charge in [0.1, 0.15) is 0 Å². The molecule has 0 bridgehead atoms. The van der Waals surface area contributed by atoms with Crippen molar-refractivity contribution in [2.24, 2.45) is 17.6 Å². The molecule has 0 aliphatic heterocycles. The van der Waals surface area contributed by atoms with Crippen LogP contribution >= 0.6 is 0 Å². The van der Waals surface area contributed by atoms with Crippen molar-refractivity contribution in [3.8, 4) is 0 Å². The lowest BCUT2D eigenvalue weighted by Crippen LogP contribution is -2.61. The van der Waals surface area contributed by atoms with Crippen LogP contribution in [0, 0.1) is 11.8 Å². The largest absolute Gasteiger partial charge is 0.329 e. The van der Waals surface area contributed by atoms with Crippen LogP contribution in [-0.2, 0) is 0 Å². The summed E-state index contributed by atoms with van der Waals surface area (Å²) in [4.78, 5) is 4.96. The third-order valence-corrected chi connectivity index (χ3v) is 4.75. The normalized spacial score (nSPS) is 33.9. The zero-order valence-corrected chi connectivity index (χ0v) is 13.9. The van der Waals surface area contributed by atoms with Gasteiger partial charge in [-0.1, -0.05) is 20.8 Å². The molecule has 1 rings (SSSR count). The van der Waals surface area contributed by atoms with E-state index in [9.17, 15) is 0 Å². The van der Waals surface area contributed by atoms with Crippen LogP contribution < -0.4 is 5.73 Å². The van der Waals surface area contributed by atoms with Crippen molar-refractivity contribution in [3.05, 3.63) is 0 Å². The molecule has 3 nitrogen and oxygen atoms in total. The van der Waals surface area contributed by atoms with E-state index >= 15 is 0 Å². The number of hydrogen-bond donors (Lipinski definition) is 1. The zero-order chi connectivity index (χ0) is 14.6. The van der Waals surface area contributed by atoms with Gasteiger partial charge in [0.05, 0.1) is 0 Å². The minimum atomic E-state index is 0.223. The number of rotatable bonds is 6. The summed E-state index contributed by atoms with van der Waals surface area (Å²) < 4.78 is 0. The van der Waals surface area contributed by atoms with Crippen LogP contribution in [0.2, 0.25) is 0 Å². The molecule has 0 aromatic rings. The summed E-state index contributed by atoms with van der Waals surface area (Å²) in [6.07, 6.45) is 3.89. The first-order chi connectivity index (χ1) is 8.84. The average Bonchev–Trinajstić information content (AvgIpc) is 2.27. The smallest absolute Gasteiger partial charge is 0.0340 e. The summed E-state index contributed by atoms with van der Waals surface area (Å²) in [5, 5.41) is 0. The summed E-state index contributed by atoms with van der Waals surface area (Å²) >= 11 is 0. The summed E-state index contributed by atoms with van der Waals surface area (Å²) in [6, 6.07) is 0.570. The average molecular weight is 269 g/mol. The van der Waals surface area contributed by atoms with Crippen LogP contribution in [0.4, 0.5) is 0 Å². The Hall–Kier alpha value is -0.120. The van der Waals surface area contributed by atoms with Crippen molar-refractivity contribution in [3.63, 3.8) is 0 Å². The Morgan fingerprint density at radius 2 is 1.74 bits per heavy atom. The number of nitrogens with zero attached hydrogens (tertiary/aromatic N) is 2. The molecule has 1 fully saturated rings. The summed E-state index contributed by atoms with van der Waals surface area (Å²) in [5.74, 6) is 1.60. The molecule has 1 aliphatic carbocycles. The van der Waals surface area contributed by atoms with Gasteiger partial charge in [-0.2, -0.15) is 0 Å². The molecule has 0 aromatic heterocycles. The highest BCUT2D eigenvalue weighted by Gasteiger charge is 2.42. The molecule has 19 heavy (non-hydrogen) atoms. The molecule has 2 N–H and O–H groups in total. The zero-order valence-electron chi connectivity index (χ0n) is 13.9. The molecule has 0 radical (unpaired) electrons. The molecule has 0 saturated heterocycles. The highest BCUT2D eigenvalue weighted by molar-refractivity contribution is 4.99. The van der Waals surface area contributed by atoms with Crippen LogP contribution in [0.3, 0.4) is 0 Å². The quantitative estimate of drug-likeness (QED) is 0.804. The van der Waals surface area contributed by atoms with Crippen molar-refractivity contribution in [2.75, 3.05) is 33.7 Å². The lowest BCUT2D eigenvalue weighted by atomic mass is 9.70. The fraction of sp³-hybridized carbons (Fsp3) is 1.00. The Morgan fingerprint density at radius 3 is 2.11 bits per heavy atom. The van der Waals surface area contributed by atoms with Gasteiger partial charge in [0.25, 0.3) is 0 Å². The predicted octanol–water partition coefficient (Wildman–Crippen LogP) is 2.41. The SMILES string of the molecule is CCN(C(C)CN(C)C)C1(CN)CC(C)CC(C)C1. The van der Waals surface area contributed by atoms with E-state index in [1.807, 2.05) is 0 Å². The Labute approximate surface area is 120 Å². The molecule has 0 heterocycles. The first-order valence-electron chi connectivity index (χ1n) is 7.96. The maximum atomic E-state index is 6.25. The Kier molecular flexibility index (Phi) is 6.28. The van der Waals surface area contributed by atoms with Gasteiger partial charge in [-0.15, -0.1) is 0 Å².